The highest BCUT2D eigenvalue weighted by Crippen LogP contribution is 2.16. The number of likely N-dealkylation sites (tertiary alicyclic amines) is 1. The second kappa shape index (κ2) is 7.33. The Morgan fingerprint density at radius 3 is 3.00 bits per heavy atom. The van der Waals surface area contributed by atoms with Gasteiger partial charge in [0.1, 0.15) is 5.82 Å². The van der Waals surface area contributed by atoms with Crippen LogP contribution in [-0.4, -0.2) is 51.6 Å². The molecule has 1 saturated heterocycles. The number of carboxylic acids is 1. The third kappa shape index (κ3) is 3.84. The number of para-hydroxylation sites is 2. The zero-order valence-electron chi connectivity index (χ0n) is 13.5. The lowest BCUT2D eigenvalue weighted by atomic mass is 9.99. The van der Waals surface area contributed by atoms with Crippen LogP contribution in [-0.2, 0) is 11.2 Å². The Kier molecular flexibility index (Phi) is 4.98. The molecular formula is C17H22N4O3. The molecule has 0 aliphatic carbocycles. The van der Waals surface area contributed by atoms with Crippen molar-refractivity contribution in [3.05, 3.63) is 30.1 Å². The number of benzene rings is 1. The van der Waals surface area contributed by atoms with Crippen LogP contribution < -0.4 is 5.32 Å². The third-order valence-corrected chi connectivity index (χ3v) is 4.36. The fourth-order valence-corrected chi connectivity index (χ4v) is 3.05. The number of urea groups is 1. The minimum atomic E-state index is -0.822. The number of hydrogen-bond acceptors (Lipinski definition) is 3. The number of aromatic nitrogens is 2. The molecule has 0 saturated carbocycles. The topological polar surface area (TPSA) is 98.3 Å². The van der Waals surface area contributed by atoms with Crippen molar-refractivity contribution in [1.82, 2.24) is 20.2 Å². The van der Waals surface area contributed by atoms with Gasteiger partial charge in [-0.25, -0.2) is 9.78 Å². The normalized spacial score (nSPS) is 17.8. The highest BCUT2D eigenvalue weighted by molar-refractivity contribution is 5.76. The van der Waals surface area contributed by atoms with E-state index in [9.17, 15) is 9.59 Å². The summed E-state index contributed by atoms with van der Waals surface area (Å²) in [6.45, 7) is 1.47. The molecule has 1 fully saturated rings. The largest absolute Gasteiger partial charge is 0.481 e. The fourth-order valence-electron chi connectivity index (χ4n) is 3.05. The SMILES string of the molecule is O=C(O)C1CCCN(C(=O)NCCCc2nc3ccccc3[nH]2)C1. The second-order valence-corrected chi connectivity index (χ2v) is 6.16. The van der Waals surface area contributed by atoms with Crippen molar-refractivity contribution < 1.29 is 14.7 Å². The van der Waals surface area contributed by atoms with Crippen LogP contribution in [0.2, 0.25) is 0 Å². The zero-order chi connectivity index (χ0) is 16.9. The number of imidazole rings is 1. The van der Waals surface area contributed by atoms with Crippen LogP contribution in [0.4, 0.5) is 4.79 Å². The minimum Gasteiger partial charge on any atom is -0.481 e. The number of aryl methyl sites for hydroxylation is 1. The molecule has 3 N–H and O–H groups in total. The smallest absolute Gasteiger partial charge is 0.317 e. The number of piperidine rings is 1. The van der Waals surface area contributed by atoms with Gasteiger partial charge in [0.2, 0.25) is 0 Å². The molecule has 1 aliphatic rings. The number of fused-ring (bicyclic) bond motifs is 1. The Labute approximate surface area is 140 Å². The van der Waals surface area contributed by atoms with E-state index in [1.807, 2.05) is 24.3 Å². The van der Waals surface area contributed by atoms with Gasteiger partial charge in [0.05, 0.1) is 17.0 Å². The van der Waals surface area contributed by atoms with Crippen LogP contribution in [0.5, 0.6) is 0 Å². The van der Waals surface area contributed by atoms with Crippen molar-refractivity contribution in [2.75, 3.05) is 19.6 Å². The van der Waals surface area contributed by atoms with Gasteiger partial charge in [-0.3, -0.25) is 4.79 Å². The third-order valence-electron chi connectivity index (χ3n) is 4.36. The molecule has 1 atom stereocenters. The molecule has 0 spiro atoms. The van der Waals surface area contributed by atoms with Crippen LogP contribution in [0.1, 0.15) is 25.1 Å². The number of aromatic amines is 1. The fraction of sp³-hybridized carbons (Fsp3) is 0.471. The summed E-state index contributed by atoms with van der Waals surface area (Å²) >= 11 is 0. The van der Waals surface area contributed by atoms with Gasteiger partial charge in [0, 0.05) is 26.1 Å². The average Bonchev–Trinajstić information content (AvgIpc) is 3.01. The maximum atomic E-state index is 12.1. The van der Waals surface area contributed by atoms with Crippen LogP contribution in [0.15, 0.2) is 24.3 Å². The summed E-state index contributed by atoms with van der Waals surface area (Å²) in [5, 5.41) is 11.9. The molecular weight excluding hydrogens is 308 g/mol. The molecule has 3 rings (SSSR count). The van der Waals surface area contributed by atoms with Crippen LogP contribution in [0, 0.1) is 5.92 Å². The highest BCUT2D eigenvalue weighted by Gasteiger charge is 2.27. The molecule has 0 radical (unpaired) electrons. The number of amides is 2. The van der Waals surface area contributed by atoms with Crippen molar-refractivity contribution >= 4 is 23.0 Å². The van der Waals surface area contributed by atoms with Crippen molar-refractivity contribution in [2.45, 2.75) is 25.7 Å². The predicted molar refractivity (Wildman–Crippen MR) is 89.7 cm³/mol. The highest BCUT2D eigenvalue weighted by atomic mass is 16.4. The Morgan fingerprint density at radius 2 is 2.21 bits per heavy atom. The summed E-state index contributed by atoms with van der Waals surface area (Å²) in [6, 6.07) is 7.70. The first-order chi connectivity index (χ1) is 11.6. The van der Waals surface area contributed by atoms with Gasteiger partial charge in [0.15, 0.2) is 0 Å². The molecule has 2 heterocycles. The minimum absolute atomic E-state index is 0.175. The van der Waals surface area contributed by atoms with Gasteiger partial charge in [-0.15, -0.1) is 0 Å². The molecule has 1 unspecified atom stereocenters. The van der Waals surface area contributed by atoms with Crippen molar-refractivity contribution in [2.24, 2.45) is 5.92 Å². The summed E-state index contributed by atoms with van der Waals surface area (Å²) in [5.74, 6) is -0.355. The van der Waals surface area contributed by atoms with Gasteiger partial charge in [0.25, 0.3) is 0 Å². The van der Waals surface area contributed by atoms with E-state index in [0.29, 0.717) is 26.1 Å². The Morgan fingerprint density at radius 1 is 1.38 bits per heavy atom. The average molecular weight is 330 g/mol. The van der Waals surface area contributed by atoms with E-state index in [1.165, 1.54) is 0 Å². The van der Waals surface area contributed by atoms with Gasteiger partial charge in [-0.2, -0.15) is 0 Å². The van der Waals surface area contributed by atoms with Crippen molar-refractivity contribution in [3.63, 3.8) is 0 Å². The lowest BCUT2D eigenvalue weighted by Gasteiger charge is -2.30. The summed E-state index contributed by atoms with van der Waals surface area (Å²) < 4.78 is 0. The number of nitrogens with zero attached hydrogens (tertiary/aromatic N) is 2. The van der Waals surface area contributed by atoms with E-state index < -0.39 is 11.9 Å². The van der Waals surface area contributed by atoms with Crippen LogP contribution in [0.3, 0.4) is 0 Å². The van der Waals surface area contributed by atoms with Crippen molar-refractivity contribution in [3.8, 4) is 0 Å². The van der Waals surface area contributed by atoms with E-state index in [1.54, 1.807) is 4.90 Å². The van der Waals surface area contributed by atoms with Gasteiger partial charge < -0.3 is 20.3 Å². The monoisotopic (exact) mass is 330 g/mol. The Balaban J connectivity index is 1.42. The predicted octanol–water partition coefficient (Wildman–Crippen LogP) is 2.00. The van der Waals surface area contributed by atoms with Gasteiger partial charge in [-0.1, -0.05) is 12.1 Å². The van der Waals surface area contributed by atoms with E-state index in [4.69, 9.17) is 5.11 Å². The maximum absolute atomic E-state index is 12.1. The molecule has 7 heteroatoms. The standard InChI is InChI=1S/C17H22N4O3/c22-16(23)12-5-4-10-21(11-12)17(24)18-9-3-8-15-19-13-6-1-2-7-14(13)20-15/h1-2,6-7,12H,3-5,8-11H2,(H,18,24)(H,19,20)(H,22,23). The molecule has 0 bridgehead atoms. The molecule has 1 aliphatic heterocycles. The van der Waals surface area contributed by atoms with Crippen LogP contribution in [0.25, 0.3) is 11.0 Å². The summed E-state index contributed by atoms with van der Waals surface area (Å²) in [4.78, 5) is 32.5. The Hall–Kier alpha value is -2.57. The maximum Gasteiger partial charge on any atom is 0.317 e. The molecule has 128 valence electrons. The number of aliphatic carboxylic acids is 1. The number of H-pyrrole nitrogens is 1. The van der Waals surface area contributed by atoms with Gasteiger partial charge in [-0.05, 0) is 31.4 Å². The lowest BCUT2D eigenvalue weighted by Crippen LogP contribution is -2.47. The quantitative estimate of drug-likeness (QED) is 0.730. The van der Waals surface area contributed by atoms with E-state index >= 15 is 0 Å². The summed E-state index contributed by atoms with van der Waals surface area (Å²) in [5.41, 5.74) is 1.97. The number of rotatable bonds is 5. The van der Waals surface area contributed by atoms with Crippen molar-refractivity contribution in [1.29, 1.82) is 0 Å². The molecule has 24 heavy (non-hydrogen) atoms. The number of nitrogens with one attached hydrogen (secondary N) is 2. The molecule has 7 nitrogen and oxygen atoms in total. The van der Waals surface area contributed by atoms with E-state index in [-0.39, 0.29) is 6.03 Å². The summed E-state index contributed by atoms with van der Waals surface area (Å²) in [7, 11) is 0. The molecule has 1 aromatic heterocycles. The molecule has 2 amide bonds. The number of carbonyl (C=O) groups is 2. The van der Waals surface area contributed by atoms with Gasteiger partial charge >= 0.3 is 12.0 Å². The Bertz CT molecular complexity index is 694. The number of carbonyl (C=O) groups excluding carboxylic acids is 1. The first kappa shape index (κ1) is 16.3. The molecule has 1 aromatic carbocycles. The number of carboxylic acid groups (broad SMARTS) is 1. The number of hydrogen-bond donors (Lipinski definition) is 3. The van der Waals surface area contributed by atoms with E-state index in [0.717, 1.165) is 36.1 Å². The van der Waals surface area contributed by atoms with E-state index in [2.05, 4.69) is 15.3 Å². The first-order valence-electron chi connectivity index (χ1n) is 8.32. The van der Waals surface area contributed by atoms with Crippen LogP contribution >= 0.6 is 0 Å². The summed E-state index contributed by atoms with van der Waals surface area (Å²) in [6.07, 6.45) is 2.92. The zero-order valence-corrected chi connectivity index (χ0v) is 13.5. The lowest BCUT2D eigenvalue weighted by molar-refractivity contribution is -0.143. The second-order valence-electron chi connectivity index (χ2n) is 6.16. The first-order valence-corrected chi connectivity index (χ1v) is 8.32. The molecule has 2 aromatic rings.